The van der Waals surface area contributed by atoms with Gasteiger partial charge >= 0.3 is 0 Å². The Balaban J connectivity index is 1.15. The molecule has 6 heteroatoms. The van der Waals surface area contributed by atoms with E-state index in [1.165, 1.54) is 61.6 Å². The van der Waals surface area contributed by atoms with Crippen molar-refractivity contribution in [3.8, 4) is 0 Å². The second-order valence-electron chi connectivity index (χ2n) is 9.40. The zero-order valence-corrected chi connectivity index (χ0v) is 19.3. The number of aromatic nitrogens is 2. The lowest BCUT2D eigenvalue weighted by Crippen LogP contribution is -2.33. The van der Waals surface area contributed by atoms with E-state index in [2.05, 4.69) is 44.1 Å². The number of hydrogen-bond donors (Lipinski definition) is 4. The van der Waals surface area contributed by atoms with E-state index < -0.39 is 0 Å². The van der Waals surface area contributed by atoms with Crippen molar-refractivity contribution in [2.75, 3.05) is 19.6 Å². The fourth-order valence-corrected chi connectivity index (χ4v) is 5.25. The molecule has 1 unspecified atom stereocenters. The van der Waals surface area contributed by atoms with Crippen LogP contribution in [-0.2, 0) is 24.2 Å². The minimum Gasteiger partial charge on any atom is -0.352 e. The van der Waals surface area contributed by atoms with Crippen molar-refractivity contribution in [2.45, 2.75) is 82.7 Å². The number of aryl methyl sites for hydroxylation is 1. The number of amides is 1. The van der Waals surface area contributed by atoms with E-state index in [4.69, 9.17) is 0 Å². The van der Waals surface area contributed by atoms with Gasteiger partial charge in [0.25, 0.3) is 0 Å². The van der Waals surface area contributed by atoms with Crippen molar-refractivity contribution >= 4 is 5.91 Å². The zero-order valence-electron chi connectivity index (χ0n) is 19.3. The molecule has 2 aliphatic carbocycles. The molecule has 174 valence electrons. The Morgan fingerprint density at radius 2 is 2.03 bits per heavy atom. The maximum atomic E-state index is 12.2. The lowest BCUT2D eigenvalue weighted by molar-refractivity contribution is -0.121. The normalized spacial score (nSPS) is 18.6. The van der Waals surface area contributed by atoms with Crippen LogP contribution in [-0.4, -0.2) is 41.6 Å². The van der Waals surface area contributed by atoms with Crippen LogP contribution in [0.15, 0.2) is 30.7 Å². The van der Waals surface area contributed by atoms with Crippen LogP contribution in [0.2, 0.25) is 0 Å². The number of nitrogens with zero attached hydrogens (tertiary/aromatic N) is 1. The summed E-state index contributed by atoms with van der Waals surface area (Å²) in [4.78, 5) is 19.4. The summed E-state index contributed by atoms with van der Waals surface area (Å²) < 4.78 is 0. The predicted molar refractivity (Wildman–Crippen MR) is 129 cm³/mol. The van der Waals surface area contributed by atoms with Gasteiger partial charge < -0.3 is 20.9 Å². The van der Waals surface area contributed by atoms with Crippen LogP contribution in [0.5, 0.6) is 0 Å². The van der Waals surface area contributed by atoms with Gasteiger partial charge in [-0.3, -0.25) is 4.79 Å². The quantitative estimate of drug-likeness (QED) is 0.383. The van der Waals surface area contributed by atoms with Gasteiger partial charge in [-0.25, -0.2) is 4.98 Å². The fraction of sp³-hybridized carbons (Fsp3) is 0.615. The molecule has 1 saturated carbocycles. The topological polar surface area (TPSA) is 81.8 Å². The second kappa shape index (κ2) is 12.2. The van der Waals surface area contributed by atoms with Crippen LogP contribution in [0.4, 0.5) is 0 Å². The molecule has 0 aliphatic heterocycles. The van der Waals surface area contributed by atoms with Crippen LogP contribution >= 0.6 is 0 Å². The fourth-order valence-electron chi connectivity index (χ4n) is 5.25. The van der Waals surface area contributed by atoms with Crippen molar-refractivity contribution < 1.29 is 4.79 Å². The summed E-state index contributed by atoms with van der Waals surface area (Å²) >= 11 is 0. The van der Waals surface area contributed by atoms with E-state index in [1.54, 1.807) is 6.33 Å². The smallest absolute Gasteiger partial charge is 0.220 e. The molecule has 1 amide bonds. The number of hydrogen-bond acceptors (Lipinski definition) is 4. The van der Waals surface area contributed by atoms with Crippen LogP contribution in [0, 0.1) is 0 Å². The number of fused-ring (bicyclic) bond motifs is 1. The molecular weight excluding hydrogens is 398 g/mol. The summed E-state index contributed by atoms with van der Waals surface area (Å²) in [6.45, 7) is 3.88. The number of carbonyl (C=O) groups is 1. The number of H-pyrrole nitrogens is 1. The van der Waals surface area contributed by atoms with Gasteiger partial charge in [0.2, 0.25) is 5.91 Å². The predicted octanol–water partition coefficient (Wildman–Crippen LogP) is 3.59. The second-order valence-corrected chi connectivity index (χ2v) is 9.40. The lowest BCUT2D eigenvalue weighted by atomic mass is 9.95. The zero-order chi connectivity index (χ0) is 22.0. The number of aromatic amines is 1. The SMILES string of the molecule is O=C(CCc1c[nH]cn1)NCc1cccc2c1CCC2CNCCCNC1CCCCC1. The summed E-state index contributed by atoms with van der Waals surface area (Å²) in [7, 11) is 0. The van der Waals surface area contributed by atoms with E-state index in [-0.39, 0.29) is 5.91 Å². The molecule has 0 spiro atoms. The Kier molecular flexibility index (Phi) is 8.74. The Morgan fingerprint density at radius 1 is 1.12 bits per heavy atom. The standard InChI is InChI=1S/C26H39N5O/c32-26(13-11-23-18-28-19-31-23)30-17-20-6-4-9-24-21(10-12-25(20)24)16-27-14-5-15-29-22-7-2-1-3-8-22/h4,6,9,18-19,21-22,27,29H,1-3,5,7-8,10-17H2,(H,28,31)(H,30,32). The van der Waals surface area contributed by atoms with Gasteiger partial charge in [0.1, 0.15) is 0 Å². The molecule has 0 saturated heterocycles. The molecule has 1 aromatic carbocycles. The first-order valence-electron chi connectivity index (χ1n) is 12.6. The van der Waals surface area contributed by atoms with Crippen LogP contribution < -0.4 is 16.0 Å². The van der Waals surface area contributed by atoms with Crippen molar-refractivity contribution in [3.05, 3.63) is 53.1 Å². The van der Waals surface area contributed by atoms with Gasteiger partial charge in [-0.15, -0.1) is 0 Å². The number of benzene rings is 1. The van der Waals surface area contributed by atoms with Gasteiger partial charge in [-0.1, -0.05) is 37.5 Å². The van der Waals surface area contributed by atoms with E-state index in [0.29, 0.717) is 25.3 Å². The Bertz CT molecular complexity index is 829. The molecule has 2 aromatic rings. The van der Waals surface area contributed by atoms with E-state index in [9.17, 15) is 4.79 Å². The van der Waals surface area contributed by atoms with Crippen LogP contribution in [0.3, 0.4) is 0 Å². The van der Waals surface area contributed by atoms with Gasteiger partial charge in [0.05, 0.1) is 12.0 Å². The van der Waals surface area contributed by atoms with Crippen molar-refractivity contribution in [3.63, 3.8) is 0 Å². The van der Waals surface area contributed by atoms with Crippen LogP contribution in [0.1, 0.15) is 79.7 Å². The highest BCUT2D eigenvalue weighted by molar-refractivity contribution is 5.76. The summed E-state index contributed by atoms with van der Waals surface area (Å²) in [6, 6.07) is 7.35. The third-order valence-electron chi connectivity index (χ3n) is 7.09. The van der Waals surface area contributed by atoms with Crippen molar-refractivity contribution in [1.82, 2.24) is 25.9 Å². The average molecular weight is 438 g/mol. The Labute approximate surface area is 192 Å². The molecule has 4 N–H and O–H groups in total. The molecule has 6 nitrogen and oxygen atoms in total. The molecule has 0 bridgehead atoms. The maximum Gasteiger partial charge on any atom is 0.220 e. The highest BCUT2D eigenvalue weighted by atomic mass is 16.1. The number of imidazole rings is 1. The van der Waals surface area contributed by atoms with Gasteiger partial charge in [0.15, 0.2) is 0 Å². The van der Waals surface area contributed by atoms with E-state index >= 15 is 0 Å². The van der Waals surface area contributed by atoms with Gasteiger partial charge in [0, 0.05) is 31.7 Å². The van der Waals surface area contributed by atoms with Crippen molar-refractivity contribution in [1.29, 1.82) is 0 Å². The van der Waals surface area contributed by atoms with Gasteiger partial charge in [-0.2, -0.15) is 0 Å². The molecule has 4 rings (SSSR count). The third-order valence-corrected chi connectivity index (χ3v) is 7.09. The summed E-state index contributed by atoms with van der Waals surface area (Å²) in [6.07, 6.45) is 15.1. The maximum absolute atomic E-state index is 12.2. The average Bonchev–Trinajstić information content (AvgIpc) is 3.49. The number of carbonyl (C=O) groups excluding carboxylic acids is 1. The first kappa shape index (κ1) is 23.0. The summed E-state index contributed by atoms with van der Waals surface area (Å²) in [5.74, 6) is 0.676. The molecule has 1 atom stereocenters. The van der Waals surface area contributed by atoms with Gasteiger partial charge in [-0.05, 0) is 74.2 Å². The monoisotopic (exact) mass is 437 g/mol. The highest BCUT2D eigenvalue weighted by Crippen LogP contribution is 2.34. The molecule has 2 aliphatic rings. The summed E-state index contributed by atoms with van der Waals surface area (Å²) in [5, 5.41) is 10.5. The largest absolute Gasteiger partial charge is 0.352 e. The molecule has 0 radical (unpaired) electrons. The first-order valence-corrected chi connectivity index (χ1v) is 12.6. The minimum atomic E-state index is 0.0867. The molecule has 1 fully saturated rings. The first-order chi connectivity index (χ1) is 15.8. The van der Waals surface area contributed by atoms with Crippen molar-refractivity contribution in [2.24, 2.45) is 0 Å². The van der Waals surface area contributed by atoms with E-state index in [1.807, 2.05) is 6.20 Å². The van der Waals surface area contributed by atoms with Crippen LogP contribution in [0.25, 0.3) is 0 Å². The number of rotatable bonds is 12. The highest BCUT2D eigenvalue weighted by Gasteiger charge is 2.24. The molecular formula is C26H39N5O. The Morgan fingerprint density at radius 3 is 2.88 bits per heavy atom. The molecule has 1 aromatic heterocycles. The lowest BCUT2D eigenvalue weighted by Gasteiger charge is -2.22. The Hall–Kier alpha value is -2.18. The third kappa shape index (κ3) is 6.66. The minimum absolute atomic E-state index is 0.0867. The number of nitrogens with one attached hydrogen (secondary N) is 4. The summed E-state index contributed by atoms with van der Waals surface area (Å²) in [5.41, 5.74) is 5.13. The van der Waals surface area contributed by atoms with E-state index in [0.717, 1.165) is 37.8 Å². The molecule has 1 heterocycles. The molecule has 32 heavy (non-hydrogen) atoms.